The van der Waals surface area contributed by atoms with E-state index < -0.39 is 92.7 Å². The lowest BCUT2D eigenvalue weighted by Gasteiger charge is -2.42. The van der Waals surface area contributed by atoms with Gasteiger partial charge >= 0.3 is 11.9 Å². The van der Waals surface area contributed by atoms with Crippen molar-refractivity contribution in [3.63, 3.8) is 0 Å². The molecular weight excluding hydrogens is 792 g/mol. The molecule has 7 N–H and O–H groups in total. The molecule has 4 unspecified atom stereocenters. The number of carbonyl (C=O) groups is 2. The van der Waals surface area contributed by atoms with Crippen LogP contribution in [0.15, 0.2) is 24.3 Å². The van der Waals surface area contributed by atoms with Gasteiger partial charge < -0.3 is 64.2 Å². The Morgan fingerprint density at radius 2 is 0.951 bits per heavy atom. The van der Waals surface area contributed by atoms with Crippen molar-refractivity contribution < 1.29 is 73.8 Å². The lowest BCUT2D eigenvalue weighted by atomic mass is 9.98. The molecule has 0 aliphatic carbocycles. The average molecular weight is 875 g/mol. The first-order valence-electron chi connectivity index (χ1n) is 23.4. The number of carbonyl (C=O) groups excluding carboxylic acids is 2. The van der Waals surface area contributed by atoms with E-state index in [9.17, 15) is 45.3 Å². The lowest BCUT2D eigenvalue weighted by Crippen LogP contribution is -2.61. The smallest absolute Gasteiger partial charge is 0.306 e. The summed E-state index contributed by atoms with van der Waals surface area (Å²) in [5, 5.41) is 71.8. The number of ether oxygens (including phenoxy) is 6. The highest BCUT2D eigenvalue weighted by molar-refractivity contribution is 5.70. The first-order chi connectivity index (χ1) is 29.5. The zero-order valence-corrected chi connectivity index (χ0v) is 37.1. The SMILES string of the molecule is CCCC/C=C/CCCCCCCC(=O)O[C@H](COC(=O)CCCCCCC/C=C/CCCCCCC)CO[C@@H]1O[C@H](CO[C@@H]2O[C@H](CO)[C@H](O)C(O)C2O)[C@H](O)C(O)C1O. The summed E-state index contributed by atoms with van der Waals surface area (Å²) in [4.78, 5) is 25.6. The van der Waals surface area contributed by atoms with Crippen molar-refractivity contribution in [1.82, 2.24) is 0 Å². The Hall–Kier alpha value is -2.02. The third-order valence-corrected chi connectivity index (χ3v) is 11.2. The van der Waals surface area contributed by atoms with Gasteiger partial charge in [0.1, 0.15) is 55.4 Å². The van der Waals surface area contributed by atoms with E-state index in [2.05, 4.69) is 38.2 Å². The Morgan fingerprint density at radius 3 is 1.49 bits per heavy atom. The number of aliphatic hydroxyl groups is 7. The van der Waals surface area contributed by atoms with Crippen molar-refractivity contribution >= 4 is 11.9 Å². The summed E-state index contributed by atoms with van der Waals surface area (Å²) < 4.78 is 33.4. The number of esters is 2. The van der Waals surface area contributed by atoms with Gasteiger partial charge in [0.15, 0.2) is 18.7 Å². The molecule has 0 aromatic heterocycles. The summed E-state index contributed by atoms with van der Waals surface area (Å²) in [6, 6.07) is 0. The summed E-state index contributed by atoms with van der Waals surface area (Å²) in [5.41, 5.74) is 0. The van der Waals surface area contributed by atoms with Crippen LogP contribution in [0.4, 0.5) is 0 Å². The van der Waals surface area contributed by atoms with Gasteiger partial charge in [-0.3, -0.25) is 9.59 Å². The molecule has 2 rings (SSSR count). The lowest BCUT2D eigenvalue weighted by molar-refractivity contribution is -0.332. The molecule has 356 valence electrons. The number of rotatable bonds is 35. The minimum atomic E-state index is -1.76. The van der Waals surface area contributed by atoms with Gasteiger partial charge in [-0.1, -0.05) is 115 Å². The maximum atomic E-state index is 12.9. The van der Waals surface area contributed by atoms with Crippen molar-refractivity contribution in [2.45, 2.75) is 229 Å². The molecule has 0 bridgehead atoms. The van der Waals surface area contributed by atoms with Gasteiger partial charge in [-0.15, -0.1) is 0 Å². The topological polar surface area (TPSA) is 231 Å². The third kappa shape index (κ3) is 23.5. The fourth-order valence-electron chi connectivity index (χ4n) is 7.19. The van der Waals surface area contributed by atoms with E-state index in [0.717, 1.165) is 77.0 Å². The van der Waals surface area contributed by atoms with Crippen LogP contribution in [-0.4, -0.2) is 142 Å². The van der Waals surface area contributed by atoms with E-state index in [0.29, 0.717) is 12.8 Å². The predicted octanol–water partition coefficient (Wildman–Crippen LogP) is 5.21. The van der Waals surface area contributed by atoms with Gasteiger partial charge in [-0.05, 0) is 57.8 Å². The van der Waals surface area contributed by atoms with Crippen LogP contribution >= 0.6 is 0 Å². The molecule has 0 aromatic carbocycles. The van der Waals surface area contributed by atoms with Crippen molar-refractivity contribution in [3.8, 4) is 0 Å². The molecule has 2 aliphatic heterocycles. The highest BCUT2D eigenvalue weighted by Gasteiger charge is 2.47. The highest BCUT2D eigenvalue weighted by atomic mass is 16.7. The Balaban J connectivity index is 1.85. The number of unbranched alkanes of at least 4 members (excludes halogenated alkanes) is 17. The number of hydrogen-bond donors (Lipinski definition) is 7. The molecule has 15 heteroatoms. The molecule has 0 saturated carbocycles. The Kier molecular flexibility index (Phi) is 31.1. The quantitative estimate of drug-likeness (QED) is 0.0246. The summed E-state index contributed by atoms with van der Waals surface area (Å²) >= 11 is 0. The molecule has 0 radical (unpaired) electrons. The third-order valence-electron chi connectivity index (χ3n) is 11.2. The molecule has 15 nitrogen and oxygen atoms in total. The number of allylic oxidation sites excluding steroid dienone is 4. The van der Waals surface area contributed by atoms with Crippen LogP contribution in [0.25, 0.3) is 0 Å². The molecule has 0 amide bonds. The van der Waals surface area contributed by atoms with Crippen LogP contribution in [-0.2, 0) is 38.0 Å². The molecule has 61 heavy (non-hydrogen) atoms. The van der Waals surface area contributed by atoms with E-state index >= 15 is 0 Å². The second-order valence-corrected chi connectivity index (χ2v) is 16.6. The van der Waals surface area contributed by atoms with E-state index in [1.165, 1.54) is 44.9 Å². The molecule has 11 atom stereocenters. The van der Waals surface area contributed by atoms with Gasteiger partial charge in [0, 0.05) is 12.8 Å². The minimum Gasteiger partial charge on any atom is -0.462 e. The monoisotopic (exact) mass is 875 g/mol. The standard InChI is InChI=1S/C46H82O15/c1-3-5-7-9-11-13-15-16-17-19-20-22-24-26-28-37(48)56-31-34(59-38(49)29-27-25-23-21-18-14-12-10-8-6-4-2)32-57-45-44(55)42(53)40(51)36(61-45)33-58-46-43(54)41(52)39(50)35(30-47)60-46/h10,12,15-16,34-36,39-47,50-55H,3-9,11,13-14,17-33H2,1-2H3/b12-10+,16-15+/t34-,35-,36-,39+,40+,41?,42?,43?,44?,45-,46-/m1/s1. The molecule has 2 fully saturated rings. The molecule has 2 saturated heterocycles. The second-order valence-electron chi connectivity index (χ2n) is 16.6. The zero-order valence-electron chi connectivity index (χ0n) is 37.1. The summed E-state index contributed by atoms with van der Waals surface area (Å²) in [6.07, 6.45) is 15.1. The Morgan fingerprint density at radius 1 is 0.508 bits per heavy atom. The fraction of sp³-hybridized carbons (Fsp3) is 0.870. The molecule has 2 heterocycles. The van der Waals surface area contributed by atoms with Gasteiger partial charge in [0.2, 0.25) is 0 Å². The normalized spacial score (nSPS) is 27.5. The Bertz CT molecular complexity index is 1170. The molecule has 0 aromatic rings. The van der Waals surface area contributed by atoms with Crippen LogP contribution in [0.2, 0.25) is 0 Å². The highest BCUT2D eigenvalue weighted by Crippen LogP contribution is 2.26. The van der Waals surface area contributed by atoms with E-state index in [4.69, 9.17) is 28.4 Å². The largest absolute Gasteiger partial charge is 0.462 e. The van der Waals surface area contributed by atoms with Crippen LogP contribution in [0, 0.1) is 0 Å². The van der Waals surface area contributed by atoms with E-state index in [1.807, 2.05) is 0 Å². The van der Waals surface area contributed by atoms with Crippen LogP contribution in [0.5, 0.6) is 0 Å². The van der Waals surface area contributed by atoms with Gasteiger partial charge in [0.05, 0.1) is 19.8 Å². The maximum Gasteiger partial charge on any atom is 0.306 e. The molecule has 0 spiro atoms. The summed E-state index contributed by atoms with van der Waals surface area (Å²) in [6.45, 7) is 2.50. The van der Waals surface area contributed by atoms with Gasteiger partial charge in [-0.2, -0.15) is 0 Å². The van der Waals surface area contributed by atoms with Crippen molar-refractivity contribution in [2.75, 3.05) is 26.4 Å². The van der Waals surface area contributed by atoms with E-state index in [-0.39, 0.29) is 26.1 Å². The molecular formula is C46H82O15. The first-order valence-corrected chi connectivity index (χ1v) is 23.4. The van der Waals surface area contributed by atoms with Crippen molar-refractivity contribution in [3.05, 3.63) is 24.3 Å². The second kappa shape index (κ2) is 34.4. The molecule has 2 aliphatic rings. The maximum absolute atomic E-state index is 12.9. The summed E-state index contributed by atoms with van der Waals surface area (Å²) in [7, 11) is 0. The van der Waals surface area contributed by atoms with Crippen LogP contribution in [0.1, 0.15) is 162 Å². The average Bonchev–Trinajstić information content (AvgIpc) is 3.25. The van der Waals surface area contributed by atoms with Gasteiger partial charge in [0.25, 0.3) is 0 Å². The minimum absolute atomic E-state index is 0.154. The van der Waals surface area contributed by atoms with Crippen molar-refractivity contribution in [2.24, 2.45) is 0 Å². The summed E-state index contributed by atoms with van der Waals surface area (Å²) in [5.74, 6) is -0.947. The van der Waals surface area contributed by atoms with Crippen LogP contribution < -0.4 is 0 Å². The van der Waals surface area contributed by atoms with E-state index in [1.54, 1.807) is 0 Å². The number of hydrogen-bond acceptors (Lipinski definition) is 15. The first kappa shape index (κ1) is 55.1. The number of aliphatic hydroxyl groups excluding tert-OH is 7. The zero-order chi connectivity index (χ0) is 44.7. The Labute approximate surface area is 364 Å². The van der Waals surface area contributed by atoms with Crippen LogP contribution in [0.3, 0.4) is 0 Å². The van der Waals surface area contributed by atoms with Crippen molar-refractivity contribution in [1.29, 1.82) is 0 Å². The van der Waals surface area contributed by atoms with Gasteiger partial charge in [-0.25, -0.2) is 0 Å². The predicted molar refractivity (Wildman–Crippen MR) is 229 cm³/mol. The fourth-order valence-corrected chi connectivity index (χ4v) is 7.19.